The van der Waals surface area contributed by atoms with Crippen LogP contribution in [0, 0.1) is 0 Å². The summed E-state index contributed by atoms with van der Waals surface area (Å²) in [5, 5.41) is 7.49. The van der Waals surface area contributed by atoms with E-state index in [9.17, 15) is 0 Å². The third-order valence-corrected chi connectivity index (χ3v) is 9.85. The summed E-state index contributed by atoms with van der Waals surface area (Å²) in [6.07, 6.45) is 0. The molecule has 7 aromatic rings. The van der Waals surface area contributed by atoms with Gasteiger partial charge < -0.3 is 4.42 Å². The van der Waals surface area contributed by atoms with Crippen molar-refractivity contribution in [2.45, 2.75) is 38.5 Å². The number of rotatable bonds is 0. The molecule has 2 aliphatic rings. The monoisotopic (exact) mass is 500 g/mol. The van der Waals surface area contributed by atoms with E-state index < -0.39 is 0 Å². The van der Waals surface area contributed by atoms with E-state index in [0.717, 1.165) is 11.2 Å². The van der Waals surface area contributed by atoms with Crippen molar-refractivity contribution in [3.05, 3.63) is 119 Å². The summed E-state index contributed by atoms with van der Waals surface area (Å²) in [6, 6.07) is 36.1. The average molecular weight is 501 g/mol. The van der Waals surface area contributed by atoms with E-state index in [4.69, 9.17) is 4.42 Å². The van der Waals surface area contributed by atoms with Crippen LogP contribution in [0.15, 0.2) is 101 Å². The van der Waals surface area contributed by atoms with Gasteiger partial charge in [0, 0.05) is 21.6 Å². The van der Waals surface area contributed by atoms with Gasteiger partial charge in [-0.1, -0.05) is 113 Å². The fourth-order valence-corrected chi connectivity index (χ4v) is 7.97. The molecule has 0 aliphatic heterocycles. The number of benzene rings is 6. The van der Waals surface area contributed by atoms with Gasteiger partial charge in [0.15, 0.2) is 0 Å². The average Bonchev–Trinajstić information content (AvgIpc) is 3.25. The Morgan fingerprint density at radius 3 is 1.31 bits per heavy atom. The molecule has 2 aliphatic carbocycles. The van der Waals surface area contributed by atoms with E-state index in [1.165, 1.54) is 76.8 Å². The van der Waals surface area contributed by atoms with Crippen LogP contribution in [0.3, 0.4) is 0 Å². The highest BCUT2D eigenvalue weighted by Crippen LogP contribution is 2.55. The van der Waals surface area contributed by atoms with E-state index in [1.54, 1.807) is 0 Å². The first-order valence-electron chi connectivity index (χ1n) is 14.0. The van der Waals surface area contributed by atoms with Crippen LogP contribution in [-0.2, 0) is 10.8 Å². The summed E-state index contributed by atoms with van der Waals surface area (Å²) in [7, 11) is 0. The summed E-state index contributed by atoms with van der Waals surface area (Å²) in [5.41, 5.74) is 12.6. The summed E-state index contributed by atoms with van der Waals surface area (Å²) in [6.45, 7) is 9.38. The Kier molecular flexibility index (Phi) is 3.75. The van der Waals surface area contributed by atoms with Crippen LogP contribution < -0.4 is 0 Å². The van der Waals surface area contributed by atoms with Crippen LogP contribution in [0.2, 0.25) is 0 Å². The van der Waals surface area contributed by atoms with Crippen molar-refractivity contribution in [3.63, 3.8) is 0 Å². The van der Waals surface area contributed by atoms with Crippen LogP contribution in [0.5, 0.6) is 0 Å². The van der Waals surface area contributed by atoms with Crippen molar-refractivity contribution < 1.29 is 4.42 Å². The third-order valence-electron chi connectivity index (χ3n) is 9.85. The molecule has 0 atom stereocenters. The second-order valence-electron chi connectivity index (χ2n) is 12.5. The van der Waals surface area contributed by atoms with Crippen LogP contribution in [0.25, 0.3) is 65.7 Å². The predicted octanol–water partition coefficient (Wildman–Crippen LogP) is 10.5. The highest BCUT2D eigenvalue weighted by Gasteiger charge is 2.39. The summed E-state index contributed by atoms with van der Waals surface area (Å²) in [4.78, 5) is 0. The Labute approximate surface area is 227 Å². The molecule has 9 rings (SSSR count). The zero-order valence-electron chi connectivity index (χ0n) is 22.6. The molecule has 186 valence electrons. The minimum atomic E-state index is -0.0912. The van der Waals surface area contributed by atoms with Crippen LogP contribution in [0.1, 0.15) is 49.9 Å². The molecule has 39 heavy (non-hydrogen) atoms. The standard InChI is InChI=1S/C38H28O/c1-37(2)27-17-7-5-11-23(27)33-25-15-9-13-21-22-14-10-16-26-34-24-12-6-8-18-28(24)38(3,4)30(34)20-32(36(22)26)39-31(35(21)25)19-29(33)37/h5-20H,1-4H3. The van der Waals surface area contributed by atoms with Crippen molar-refractivity contribution in [1.29, 1.82) is 0 Å². The molecule has 0 bridgehead atoms. The Morgan fingerprint density at radius 2 is 0.846 bits per heavy atom. The van der Waals surface area contributed by atoms with Gasteiger partial charge in [-0.05, 0) is 78.2 Å². The molecule has 1 heterocycles. The fraction of sp³-hybridized carbons (Fsp3) is 0.158. The molecule has 0 spiro atoms. The lowest BCUT2D eigenvalue weighted by Crippen LogP contribution is -2.14. The predicted molar refractivity (Wildman–Crippen MR) is 164 cm³/mol. The van der Waals surface area contributed by atoms with Crippen molar-refractivity contribution in [1.82, 2.24) is 0 Å². The van der Waals surface area contributed by atoms with Crippen molar-refractivity contribution in [2.75, 3.05) is 0 Å². The fourth-order valence-electron chi connectivity index (χ4n) is 7.97. The minimum Gasteiger partial charge on any atom is -0.456 e. The van der Waals surface area contributed by atoms with Crippen molar-refractivity contribution >= 4 is 43.5 Å². The van der Waals surface area contributed by atoms with Gasteiger partial charge in [0.2, 0.25) is 0 Å². The van der Waals surface area contributed by atoms with Crippen LogP contribution >= 0.6 is 0 Å². The molecule has 0 N–H and O–H groups in total. The molecule has 0 radical (unpaired) electrons. The maximum absolute atomic E-state index is 7.08. The summed E-state index contributed by atoms with van der Waals surface area (Å²) in [5.74, 6) is 0. The molecule has 0 amide bonds. The lowest BCUT2D eigenvalue weighted by Gasteiger charge is -2.22. The first kappa shape index (κ1) is 21.6. The van der Waals surface area contributed by atoms with Gasteiger partial charge in [-0.25, -0.2) is 0 Å². The van der Waals surface area contributed by atoms with E-state index in [1.807, 2.05) is 0 Å². The second kappa shape index (κ2) is 6.79. The molecule has 1 aromatic heterocycles. The molecule has 0 unspecified atom stereocenters. The van der Waals surface area contributed by atoms with Gasteiger partial charge in [-0.2, -0.15) is 0 Å². The smallest absolute Gasteiger partial charge is 0.136 e. The first-order valence-corrected chi connectivity index (χ1v) is 14.0. The SMILES string of the molecule is CC1(C)c2ccccc2-c2c1cc1oc3cc4c(c5cccc(c6cccc2c16)c35)-c1ccccc1C4(C)C. The summed E-state index contributed by atoms with van der Waals surface area (Å²) < 4.78 is 7.08. The number of hydrogen-bond acceptors (Lipinski definition) is 1. The lowest BCUT2D eigenvalue weighted by atomic mass is 9.81. The molecule has 0 saturated carbocycles. The Bertz CT molecular complexity index is 2060. The van der Waals surface area contributed by atoms with Crippen molar-refractivity contribution in [3.8, 4) is 22.3 Å². The third kappa shape index (κ3) is 2.43. The molecule has 6 aromatic carbocycles. The molecular formula is C38H28O. The molecule has 1 heteroatoms. The summed E-state index contributed by atoms with van der Waals surface area (Å²) >= 11 is 0. The van der Waals surface area contributed by atoms with E-state index in [2.05, 4.69) is 125 Å². The molecular weight excluding hydrogens is 472 g/mol. The highest BCUT2D eigenvalue weighted by molar-refractivity contribution is 6.27. The zero-order chi connectivity index (χ0) is 26.3. The van der Waals surface area contributed by atoms with Gasteiger partial charge in [-0.15, -0.1) is 0 Å². The zero-order valence-corrected chi connectivity index (χ0v) is 22.6. The maximum atomic E-state index is 7.08. The largest absolute Gasteiger partial charge is 0.456 e. The number of fused-ring (bicyclic) bond motifs is 9. The van der Waals surface area contributed by atoms with Gasteiger partial charge >= 0.3 is 0 Å². The van der Waals surface area contributed by atoms with Gasteiger partial charge in [-0.3, -0.25) is 0 Å². The van der Waals surface area contributed by atoms with Gasteiger partial charge in [0.05, 0.1) is 0 Å². The van der Waals surface area contributed by atoms with E-state index in [0.29, 0.717) is 0 Å². The highest BCUT2D eigenvalue weighted by atomic mass is 16.3. The second-order valence-corrected chi connectivity index (χ2v) is 12.5. The van der Waals surface area contributed by atoms with E-state index >= 15 is 0 Å². The van der Waals surface area contributed by atoms with Crippen molar-refractivity contribution in [2.24, 2.45) is 0 Å². The first-order chi connectivity index (χ1) is 18.9. The topological polar surface area (TPSA) is 13.1 Å². The Balaban J connectivity index is 1.53. The number of hydrogen-bond donors (Lipinski definition) is 0. The maximum Gasteiger partial charge on any atom is 0.136 e. The quantitative estimate of drug-likeness (QED) is 0.202. The molecule has 0 fully saturated rings. The van der Waals surface area contributed by atoms with E-state index in [-0.39, 0.29) is 10.8 Å². The Morgan fingerprint density at radius 1 is 0.436 bits per heavy atom. The molecule has 1 nitrogen and oxygen atoms in total. The lowest BCUT2D eigenvalue weighted by molar-refractivity contribution is 0.638. The minimum absolute atomic E-state index is 0.0912. The Hall–Kier alpha value is -4.36. The molecule has 0 saturated heterocycles. The van der Waals surface area contributed by atoms with Crippen LogP contribution in [0.4, 0.5) is 0 Å². The normalized spacial score (nSPS) is 16.1. The van der Waals surface area contributed by atoms with Gasteiger partial charge in [0.25, 0.3) is 0 Å². The van der Waals surface area contributed by atoms with Gasteiger partial charge in [0.1, 0.15) is 11.2 Å². The van der Waals surface area contributed by atoms with Crippen LogP contribution in [-0.4, -0.2) is 0 Å².